The van der Waals surface area contributed by atoms with Crippen LogP contribution in [0.2, 0.25) is 0 Å². The van der Waals surface area contributed by atoms with Gasteiger partial charge in [-0.05, 0) is 37.0 Å². The number of amides is 1. The first-order chi connectivity index (χ1) is 9.33. The van der Waals surface area contributed by atoms with Gasteiger partial charge in [0.1, 0.15) is 11.5 Å². The van der Waals surface area contributed by atoms with Crippen LogP contribution >= 0.6 is 0 Å². The number of nitrogens with one attached hydrogen (secondary N) is 2. The van der Waals surface area contributed by atoms with Gasteiger partial charge in [0.05, 0.1) is 0 Å². The maximum absolute atomic E-state index is 11.8. The van der Waals surface area contributed by atoms with E-state index in [1.54, 1.807) is 12.4 Å². The van der Waals surface area contributed by atoms with Crippen molar-refractivity contribution in [2.75, 3.05) is 6.54 Å². The maximum atomic E-state index is 11.8. The van der Waals surface area contributed by atoms with Crippen LogP contribution in [0.5, 0.6) is 0 Å². The highest BCUT2D eigenvalue weighted by Gasteiger charge is 2.19. The van der Waals surface area contributed by atoms with Crippen LogP contribution < -0.4 is 5.32 Å². The smallest absolute Gasteiger partial charge is 0.271 e. The van der Waals surface area contributed by atoms with Crippen LogP contribution in [0.15, 0.2) is 24.5 Å². The first-order valence-corrected chi connectivity index (χ1v) is 6.58. The Bertz CT molecular complexity index is 576. The number of hydrogen-bond donors (Lipinski definition) is 2. The first-order valence-electron chi connectivity index (χ1n) is 6.58. The van der Waals surface area contributed by atoms with Gasteiger partial charge in [0.15, 0.2) is 0 Å². The Morgan fingerprint density at radius 1 is 1.21 bits per heavy atom. The fraction of sp³-hybridized carbons (Fsp3) is 0.357. The topological polar surface area (TPSA) is 70.7 Å². The molecule has 0 radical (unpaired) electrons. The van der Waals surface area contributed by atoms with Crippen LogP contribution in [0, 0.1) is 0 Å². The first kappa shape index (κ1) is 11.9. The van der Waals surface area contributed by atoms with E-state index in [0.29, 0.717) is 5.69 Å². The van der Waals surface area contributed by atoms with Crippen LogP contribution in [-0.2, 0) is 19.3 Å². The lowest BCUT2D eigenvalue weighted by Gasteiger charge is -1.99. The summed E-state index contributed by atoms with van der Waals surface area (Å²) in [5, 5.41) is 2.86. The number of nitrogens with zero attached hydrogens (tertiary/aromatic N) is 2. The molecule has 5 heteroatoms. The maximum Gasteiger partial charge on any atom is 0.271 e. The Kier molecular flexibility index (Phi) is 3.27. The van der Waals surface area contributed by atoms with E-state index >= 15 is 0 Å². The third-order valence-electron chi connectivity index (χ3n) is 3.33. The van der Waals surface area contributed by atoms with Gasteiger partial charge < -0.3 is 10.3 Å². The molecule has 19 heavy (non-hydrogen) atoms. The molecule has 3 heterocycles. The van der Waals surface area contributed by atoms with Gasteiger partial charge in [0.25, 0.3) is 5.91 Å². The number of rotatable bonds is 3. The summed E-state index contributed by atoms with van der Waals surface area (Å²) in [6, 6.07) is 4.00. The number of H-pyrrole nitrogens is 1. The van der Waals surface area contributed by atoms with Gasteiger partial charge in [-0.3, -0.25) is 9.78 Å². The summed E-state index contributed by atoms with van der Waals surface area (Å²) >= 11 is 0. The lowest BCUT2D eigenvalue weighted by Crippen LogP contribution is -2.23. The van der Waals surface area contributed by atoms with E-state index in [9.17, 15) is 4.79 Å². The van der Waals surface area contributed by atoms with Crippen molar-refractivity contribution in [1.29, 1.82) is 0 Å². The molecule has 0 unspecified atom stereocenters. The second kappa shape index (κ2) is 5.22. The van der Waals surface area contributed by atoms with Crippen molar-refractivity contribution in [3.8, 4) is 0 Å². The molecule has 0 atom stereocenters. The highest BCUT2D eigenvalue weighted by molar-refractivity contribution is 5.93. The van der Waals surface area contributed by atoms with Gasteiger partial charge in [0.2, 0.25) is 0 Å². The minimum absolute atomic E-state index is 0.0566. The molecule has 0 aromatic carbocycles. The zero-order valence-corrected chi connectivity index (χ0v) is 10.6. The Labute approximate surface area is 111 Å². The number of pyridine rings is 1. The molecule has 0 fully saturated rings. The van der Waals surface area contributed by atoms with E-state index in [2.05, 4.69) is 20.3 Å². The molecule has 2 N–H and O–H groups in total. The van der Waals surface area contributed by atoms with Crippen molar-refractivity contribution in [1.82, 2.24) is 20.3 Å². The highest BCUT2D eigenvalue weighted by atomic mass is 16.1. The SMILES string of the molecule is O=C1NCCCc2[nH]c(CCc3ccncc3)nc21. The molecule has 1 aliphatic heterocycles. The summed E-state index contributed by atoms with van der Waals surface area (Å²) < 4.78 is 0. The molecule has 5 nitrogen and oxygen atoms in total. The number of fused-ring (bicyclic) bond motifs is 1. The number of imidazole rings is 1. The van der Waals surface area contributed by atoms with Gasteiger partial charge in [-0.15, -0.1) is 0 Å². The molecular weight excluding hydrogens is 240 g/mol. The standard InChI is InChI=1S/C14H16N4O/c19-14-13-11(2-1-7-16-14)17-12(18-13)4-3-10-5-8-15-9-6-10/h5-6,8-9H,1-4,7H2,(H,16,19)(H,17,18). The largest absolute Gasteiger partial charge is 0.351 e. The average Bonchev–Trinajstić information content (AvgIpc) is 2.78. The third-order valence-corrected chi connectivity index (χ3v) is 3.33. The van der Waals surface area contributed by atoms with Crippen molar-refractivity contribution in [3.63, 3.8) is 0 Å². The van der Waals surface area contributed by atoms with E-state index in [4.69, 9.17) is 0 Å². The molecule has 0 aliphatic carbocycles. The summed E-state index contributed by atoms with van der Waals surface area (Å²) in [6.45, 7) is 0.732. The fourth-order valence-electron chi connectivity index (χ4n) is 2.31. The van der Waals surface area contributed by atoms with Gasteiger partial charge >= 0.3 is 0 Å². The van der Waals surface area contributed by atoms with Crippen molar-refractivity contribution < 1.29 is 4.79 Å². The van der Waals surface area contributed by atoms with Gasteiger partial charge in [-0.1, -0.05) is 0 Å². The summed E-state index contributed by atoms with van der Waals surface area (Å²) in [7, 11) is 0. The number of carbonyl (C=O) groups is 1. The van der Waals surface area contributed by atoms with Gasteiger partial charge in [0, 0.05) is 31.1 Å². The molecule has 1 aliphatic rings. The fourth-order valence-corrected chi connectivity index (χ4v) is 2.31. The molecule has 2 aromatic heterocycles. The second-order valence-corrected chi connectivity index (χ2v) is 4.73. The zero-order valence-electron chi connectivity index (χ0n) is 10.6. The van der Waals surface area contributed by atoms with Crippen molar-refractivity contribution >= 4 is 5.91 Å². The van der Waals surface area contributed by atoms with Crippen LogP contribution in [0.3, 0.4) is 0 Å². The second-order valence-electron chi connectivity index (χ2n) is 4.73. The monoisotopic (exact) mass is 256 g/mol. The number of carbonyl (C=O) groups excluding carboxylic acids is 1. The van der Waals surface area contributed by atoms with Crippen molar-refractivity contribution in [3.05, 3.63) is 47.3 Å². The molecular formula is C14H16N4O. The van der Waals surface area contributed by atoms with E-state index in [-0.39, 0.29) is 5.91 Å². The third kappa shape index (κ3) is 2.65. The van der Waals surface area contributed by atoms with E-state index < -0.39 is 0 Å². The zero-order chi connectivity index (χ0) is 13.1. The van der Waals surface area contributed by atoms with Gasteiger partial charge in [-0.25, -0.2) is 4.98 Å². The minimum atomic E-state index is -0.0566. The molecule has 0 saturated carbocycles. The molecule has 2 aromatic rings. The predicted molar refractivity (Wildman–Crippen MR) is 70.9 cm³/mol. The number of hydrogen-bond acceptors (Lipinski definition) is 3. The predicted octanol–water partition coefficient (Wildman–Crippen LogP) is 1.27. The van der Waals surface area contributed by atoms with E-state index in [0.717, 1.165) is 43.7 Å². The number of aromatic nitrogens is 3. The number of aryl methyl sites for hydroxylation is 3. The molecule has 98 valence electrons. The quantitative estimate of drug-likeness (QED) is 0.868. The lowest BCUT2D eigenvalue weighted by atomic mass is 10.1. The van der Waals surface area contributed by atoms with Crippen LogP contribution in [0.4, 0.5) is 0 Å². The van der Waals surface area contributed by atoms with E-state index in [1.807, 2.05) is 12.1 Å². The summed E-state index contributed by atoms with van der Waals surface area (Å²) in [4.78, 5) is 23.5. The average molecular weight is 256 g/mol. The summed E-state index contributed by atoms with van der Waals surface area (Å²) in [5.41, 5.74) is 2.77. The molecule has 3 rings (SSSR count). The molecule has 0 spiro atoms. The Morgan fingerprint density at radius 3 is 2.89 bits per heavy atom. The normalized spacial score (nSPS) is 14.6. The van der Waals surface area contributed by atoms with E-state index in [1.165, 1.54) is 5.56 Å². The van der Waals surface area contributed by atoms with Gasteiger partial charge in [-0.2, -0.15) is 0 Å². The summed E-state index contributed by atoms with van der Waals surface area (Å²) in [5.74, 6) is 0.831. The molecule has 1 amide bonds. The van der Waals surface area contributed by atoms with Crippen LogP contribution in [0.1, 0.15) is 34.0 Å². The van der Waals surface area contributed by atoms with Crippen LogP contribution in [0.25, 0.3) is 0 Å². The minimum Gasteiger partial charge on any atom is -0.351 e. The highest BCUT2D eigenvalue weighted by Crippen LogP contribution is 2.13. The van der Waals surface area contributed by atoms with Crippen LogP contribution in [-0.4, -0.2) is 27.4 Å². The van der Waals surface area contributed by atoms with Crippen molar-refractivity contribution in [2.24, 2.45) is 0 Å². The Hall–Kier alpha value is -2.17. The summed E-state index contributed by atoms with van der Waals surface area (Å²) in [6.07, 6.45) is 7.14. The Balaban J connectivity index is 1.73. The number of aromatic amines is 1. The lowest BCUT2D eigenvalue weighted by molar-refractivity contribution is 0.0951. The molecule has 0 saturated heterocycles. The Morgan fingerprint density at radius 2 is 2.05 bits per heavy atom. The van der Waals surface area contributed by atoms with Crippen molar-refractivity contribution in [2.45, 2.75) is 25.7 Å². The molecule has 0 bridgehead atoms.